The molecule has 1 aromatic rings. The first-order valence-electron chi connectivity index (χ1n) is 5.66. The molecule has 1 saturated heterocycles. The maximum Gasteiger partial charge on any atom is 0.325 e. The third-order valence-corrected chi connectivity index (χ3v) is 2.99. The van der Waals surface area contributed by atoms with Gasteiger partial charge in [-0.05, 0) is 37.6 Å². The number of hydrogen-bond acceptors (Lipinski definition) is 3. The molecule has 1 fully saturated rings. The fraction of sp³-hybridized carbons (Fsp3) is 0.500. The van der Waals surface area contributed by atoms with E-state index in [1.54, 1.807) is 18.5 Å². The summed E-state index contributed by atoms with van der Waals surface area (Å²) in [6.45, 7) is 1.73. The van der Waals surface area contributed by atoms with Crippen LogP contribution in [0.2, 0.25) is 0 Å². The lowest BCUT2D eigenvalue weighted by molar-refractivity contribution is -0.144. The van der Waals surface area contributed by atoms with Gasteiger partial charge in [-0.2, -0.15) is 0 Å². The first-order valence-corrected chi connectivity index (χ1v) is 5.66. The molecule has 1 aromatic heterocycles. The summed E-state index contributed by atoms with van der Waals surface area (Å²) in [4.78, 5) is 17.4. The normalized spacial score (nSPS) is 19.2. The number of piperidine rings is 1. The lowest BCUT2D eigenvalue weighted by Crippen LogP contribution is -2.37. The van der Waals surface area contributed by atoms with Gasteiger partial charge in [0, 0.05) is 12.4 Å². The van der Waals surface area contributed by atoms with E-state index in [4.69, 9.17) is 0 Å². The molecule has 1 N–H and O–H groups in total. The van der Waals surface area contributed by atoms with E-state index in [0.717, 1.165) is 31.5 Å². The van der Waals surface area contributed by atoms with Gasteiger partial charge in [-0.15, -0.1) is 0 Å². The van der Waals surface area contributed by atoms with Crippen LogP contribution in [0.15, 0.2) is 24.5 Å². The van der Waals surface area contributed by atoms with Crippen LogP contribution in [-0.2, 0) is 4.79 Å². The molecule has 4 heteroatoms. The third kappa shape index (κ3) is 2.39. The lowest BCUT2D eigenvalue weighted by atomic mass is 10.0. The van der Waals surface area contributed by atoms with E-state index in [0.29, 0.717) is 0 Å². The second-order valence-corrected chi connectivity index (χ2v) is 4.12. The number of aromatic nitrogens is 1. The third-order valence-electron chi connectivity index (χ3n) is 2.99. The SMILES string of the molecule is O=C(O)C(c1cccnc1)N1CCCCC1. The molecule has 16 heavy (non-hydrogen) atoms. The van der Waals surface area contributed by atoms with Crippen molar-refractivity contribution in [2.24, 2.45) is 0 Å². The molecule has 0 aromatic carbocycles. The van der Waals surface area contributed by atoms with Gasteiger partial charge in [-0.1, -0.05) is 12.5 Å². The van der Waals surface area contributed by atoms with Crippen LogP contribution < -0.4 is 0 Å². The summed E-state index contributed by atoms with van der Waals surface area (Å²) in [7, 11) is 0. The van der Waals surface area contributed by atoms with Crippen molar-refractivity contribution >= 4 is 5.97 Å². The Morgan fingerprint density at radius 2 is 2.12 bits per heavy atom. The van der Waals surface area contributed by atoms with Crippen LogP contribution in [0.4, 0.5) is 0 Å². The van der Waals surface area contributed by atoms with Gasteiger partial charge in [0.25, 0.3) is 0 Å². The fourth-order valence-corrected chi connectivity index (χ4v) is 2.22. The summed E-state index contributed by atoms with van der Waals surface area (Å²) in [6, 6.07) is 3.09. The van der Waals surface area contributed by atoms with Crippen LogP contribution in [0.25, 0.3) is 0 Å². The van der Waals surface area contributed by atoms with E-state index in [1.807, 2.05) is 11.0 Å². The molecule has 1 aliphatic rings. The number of carboxylic acid groups (broad SMARTS) is 1. The minimum Gasteiger partial charge on any atom is -0.480 e. The van der Waals surface area contributed by atoms with E-state index in [9.17, 15) is 9.90 Å². The molecular weight excluding hydrogens is 204 g/mol. The van der Waals surface area contributed by atoms with Crippen molar-refractivity contribution in [3.05, 3.63) is 30.1 Å². The zero-order valence-electron chi connectivity index (χ0n) is 9.17. The number of rotatable bonds is 3. The minimum atomic E-state index is -0.782. The number of likely N-dealkylation sites (tertiary alicyclic amines) is 1. The molecule has 0 spiro atoms. The predicted molar refractivity (Wildman–Crippen MR) is 60.0 cm³/mol. The molecule has 0 amide bonds. The van der Waals surface area contributed by atoms with Gasteiger partial charge in [-0.25, -0.2) is 0 Å². The second kappa shape index (κ2) is 5.07. The van der Waals surface area contributed by atoms with E-state index in [1.165, 1.54) is 6.42 Å². The summed E-state index contributed by atoms with van der Waals surface area (Å²) in [5, 5.41) is 9.31. The van der Waals surface area contributed by atoms with Crippen LogP contribution in [0.5, 0.6) is 0 Å². The van der Waals surface area contributed by atoms with Gasteiger partial charge >= 0.3 is 5.97 Å². The van der Waals surface area contributed by atoms with Gasteiger partial charge in [0.05, 0.1) is 0 Å². The molecule has 0 radical (unpaired) electrons. The Bertz CT molecular complexity index is 347. The summed E-state index contributed by atoms with van der Waals surface area (Å²) in [6.07, 6.45) is 6.69. The van der Waals surface area contributed by atoms with E-state index in [-0.39, 0.29) is 0 Å². The molecule has 1 aliphatic heterocycles. The van der Waals surface area contributed by atoms with Gasteiger partial charge in [-0.3, -0.25) is 14.7 Å². The largest absolute Gasteiger partial charge is 0.480 e. The van der Waals surface area contributed by atoms with Gasteiger partial charge in [0.2, 0.25) is 0 Å². The first kappa shape index (κ1) is 11.1. The van der Waals surface area contributed by atoms with Crippen LogP contribution >= 0.6 is 0 Å². The molecule has 0 bridgehead atoms. The van der Waals surface area contributed by atoms with Gasteiger partial charge in [0.15, 0.2) is 0 Å². The maximum absolute atomic E-state index is 11.3. The number of pyridine rings is 1. The van der Waals surface area contributed by atoms with Crippen LogP contribution in [0.3, 0.4) is 0 Å². The molecule has 86 valence electrons. The van der Waals surface area contributed by atoms with Crippen LogP contribution in [0, 0.1) is 0 Å². The van der Waals surface area contributed by atoms with Crippen molar-refractivity contribution in [1.29, 1.82) is 0 Å². The molecule has 0 aliphatic carbocycles. The van der Waals surface area contributed by atoms with E-state index in [2.05, 4.69) is 4.98 Å². The quantitative estimate of drug-likeness (QED) is 0.842. The molecule has 4 nitrogen and oxygen atoms in total. The van der Waals surface area contributed by atoms with Crippen molar-refractivity contribution in [3.63, 3.8) is 0 Å². The van der Waals surface area contributed by atoms with E-state index < -0.39 is 12.0 Å². The first-order chi connectivity index (χ1) is 7.79. The number of carboxylic acids is 1. The molecular formula is C12H16N2O2. The number of carbonyl (C=O) groups is 1. The molecule has 1 unspecified atom stereocenters. The van der Waals surface area contributed by atoms with Crippen molar-refractivity contribution in [2.75, 3.05) is 13.1 Å². The second-order valence-electron chi connectivity index (χ2n) is 4.12. The zero-order valence-corrected chi connectivity index (χ0v) is 9.17. The molecule has 2 heterocycles. The van der Waals surface area contributed by atoms with Gasteiger partial charge < -0.3 is 5.11 Å². The zero-order chi connectivity index (χ0) is 11.4. The predicted octanol–water partition coefficient (Wildman–Crippen LogP) is 1.69. The Balaban J connectivity index is 2.20. The highest BCUT2D eigenvalue weighted by Gasteiger charge is 2.28. The average molecular weight is 220 g/mol. The Morgan fingerprint density at radius 3 is 2.69 bits per heavy atom. The fourth-order valence-electron chi connectivity index (χ4n) is 2.22. The van der Waals surface area contributed by atoms with E-state index >= 15 is 0 Å². The Hall–Kier alpha value is -1.42. The summed E-state index contributed by atoms with van der Waals surface area (Å²) in [5.41, 5.74) is 0.775. The van der Waals surface area contributed by atoms with Crippen molar-refractivity contribution < 1.29 is 9.90 Å². The monoisotopic (exact) mass is 220 g/mol. The average Bonchev–Trinajstić information content (AvgIpc) is 2.31. The molecule has 0 saturated carbocycles. The minimum absolute atomic E-state index is 0.533. The smallest absolute Gasteiger partial charge is 0.325 e. The number of aliphatic carboxylic acids is 1. The molecule has 1 atom stereocenters. The highest BCUT2D eigenvalue weighted by atomic mass is 16.4. The topological polar surface area (TPSA) is 53.4 Å². The van der Waals surface area contributed by atoms with Crippen molar-refractivity contribution in [2.45, 2.75) is 25.3 Å². The Kier molecular flexibility index (Phi) is 3.51. The highest BCUT2D eigenvalue weighted by molar-refractivity contribution is 5.75. The Morgan fingerprint density at radius 1 is 1.38 bits per heavy atom. The van der Waals surface area contributed by atoms with Gasteiger partial charge in [0.1, 0.15) is 6.04 Å². The van der Waals surface area contributed by atoms with Crippen molar-refractivity contribution in [1.82, 2.24) is 9.88 Å². The Labute approximate surface area is 94.9 Å². The maximum atomic E-state index is 11.3. The van der Waals surface area contributed by atoms with Crippen molar-refractivity contribution in [3.8, 4) is 0 Å². The summed E-state index contributed by atoms with van der Waals surface area (Å²) in [5.74, 6) is -0.782. The van der Waals surface area contributed by atoms with Crippen LogP contribution in [0.1, 0.15) is 30.9 Å². The standard InChI is InChI=1S/C12H16N2O2/c15-12(16)11(10-5-4-6-13-9-10)14-7-2-1-3-8-14/h4-6,9,11H,1-3,7-8H2,(H,15,16). The summed E-state index contributed by atoms with van der Waals surface area (Å²) >= 11 is 0. The summed E-state index contributed by atoms with van der Waals surface area (Å²) < 4.78 is 0. The lowest BCUT2D eigenvalue weighted by Gasteiger charge is -2.31. The number of hydrogen-bond donors (Lipinski definition) is 1. The molecule has 2 rings (SSSR count). The van der Waals surface area contributed by atoms with Crippen LogP contribution in [-0.4, -0.2) is 34.0 Å². The highest BCUT2D eigenvalue weighted by Crippen LogP contribution is 2.24. The number of nitrogens with zero attached hydrogens (tertiary/aromatic N) is 2.